The zero-order valence-electron chi connectivity index (χ0n) is 17.4. The monoisotopic (exact) mass is 414 g/mol. The average molecular weight is 415 g/mol. The minimum absolute atomic E-state index is 0.0749. The summed E-state index contributed by atoms with van der Waals surface area (Å²) in [6.07, 6.45) is 6.55. The molecule has 29 heavy (non-hydrogen) atoms. The van der Waals surface area contributed by atoms with E-state index in [1.54, 1.807) is 36.2 Å². The van der Waals surface area contributed by atoms with E-state index in [9.17, 15) is 4.79 Å². The van der Waals surface area contributed by atoms with Gasteiger partial charge in [0, 0.05) is 29.9 Å². The van der Waals surface area contributed by atoms with Gasteiger partial charge in [-0.3, -0.25) is 4.79 Å². The van der Waals surface area contributed by atoms with E-state index in [-0.39, 0.29) is 5.91 Å². The number of halogens is 1. The molecule has 0 radical (unpaired) electrons. The predicted octanol–water partition coefficient (Wildman–Crippen LogP) is 5.67. The molecule has 2 aromatic rings. The van der Waals surface area contributed by atoms with Crippen molar-refractivity contribution in [3.8, 4) is 5.75 Å². The molecule has 0 bridgehead atoms. The highest BCUT2D eigenvalue weighted by Crippen LogP contribution is 2.21. The van der Waals surface area contributed by atoms with Crippen molar-refractivity contribution < 1.29 is 9.53 Å². The Morgan fingerprint density at radius 3 is 2.31 bits per heavy atom. The third-order valence-corrected chi connectivity index (χ3v) is 5.02. The van der Waals surface area contributed by atoms with Gasteiger partial charge < -0.3 is 14.5 Å². The highest BCUT2D eigenvalue weighted by atomic mass is 35.5. The fourth-order valence-electron chi connectivity index (χ4n) is 3.01. The summed E-state index contributed by atoms with van der Waals surface area (Å²) in [5, 5.41) is 0.616. The van der Waals surface area contributed by atoms with E-state index in [0.29, 0.717) is 17.2 Å². The number of hydrogen-bond acceptors (Lipinski definition) is 3. The lowest BCUT2D eigenvalue weighted by molar-refractivity contribution is 0.0993. The van der Waals surface area contributed by atoms with Crippen LogP contribution in [-0.4, -0.2) is 44.6 Å². The first-order valence-electron chi connectivity index (χ1n) is 10.1. The van der Waals surface area contributed by atoms with Crippen molar-refractivity contribution in [2.75, 3.05) is 38.7 Å². The quantitative estimate of drug-likeness (QED) is 0.331. The standard InChI is InChI=1S/C24H31ClN2O2/c1-4-17-26(2)18-7-5-6-8-19-29-23-15-13-22(14-16-23)27(3)24(28)20-9-11-21(25)12-10-20/h4,9-16H,1,5-8,17-19H2,2-3H3. The zero-order chi connectivity index (χ0) is 21.1. The maximum absolute atomic E-state index is 12.6. The molecule has 0 aromatic heterocycles. The summed E-state index contributed by atoms with van der Waals surface area (Å²) < 4.78 is 5.82. The van der Waals surface area contributed by atoms with Crippen LogP contribution in [0.4, 0.5) is 5.69 Å². The second-order valence-corrected chi connectivity index (χ2v) is 7.61. The van der Waals surface area contributed by atoms with Crippen molar-refractivity contribution in [1.29, 1.82) is 0 Å². The maximum atomic E-state index is 12.6. The van der Waals surface area contributed by atoms with Gasteiger partial charge in [0.25, 0.3) is 5.91 Å². The highest BCUT2D eigenvalue weighted by Gasteiger charge is 2.13. The number of carbonyl (C=O) groups is 1. The molecule has 0 aliphatic rings. The zero-order valence-corrected chi connectivity index (χ0v) is 18.2. The molecule has 0 spiro atoms. The van der Waals surface area contributed by atoms with Gasteiger partial charge in [-0.1, -0.05) is 30.5 Å². The first-order valence-corrected chi connectivity index (χ1v) is 10.4. The van der Waals surface area contributed by atoms with Gasteiger partial charge in [-0.15, -0.1) is 6.58 Å². The van der Waals surface area contributed by atoms with Crippen molar-refractivity contribution in [3.05, 3.63) is 71.8 Å². The number of amides is 1. The number of nitrogens with zero attached hydrogens (tertiary/aromatic N) is 2. The molecule has 2 rings (SSSR count). The van der Waals surface area contributed by atoms with Crippen molar-refractivity contribution in [2.45, 2.75) is 25.7 Å². The second kappa shape index (κ2) is 12.3. The van der Waals surface area contributed by atoms with Gasteiger partial charge in [-0.25, -0.2) is 0 Å². The summed E-state index contributed by atoms with van der Waals surface area (Å²) in [5.74, 6) is 0.751. The summed E-state index contributed by atoms with van der Waals surface area (Å²) in [6, 6.07) is 14.5. The smallest absolute Gasteiger partial charge is 0.258 e. The third-order valence-electron chi connectivity index (χ3n) is 4.76. The van der Waals surface area contributed by atoms with Crippen molar-refractivity contribution in [1.82, 2.24) is 4.90 Å². The molecule has 0 fully saturated rings. The molecular formula is C24H31ClN2O2. The molecule has 0 heterocycles. The van der Waals surface area contributed by atoms with Crippen LogP contribution in [0, 0.1) is 0 Å². The minimum Gasteiger partial charge on any atom is -0.494 e. The molecule has 156 valence electrons. The Morgan fingerprint density at radius 2 is 1.66 bits per heavy atom. The lowest BCUT2D eigenvalue weighted by Gasteiger charge is -2.18. The van der Waals surface area contributed by atoms with Crippen LogP contribution in [0.2, 0.25) is 5.02 Å². The van der Waals surface area contributed by atoms with Crippen LogP contribution in [0.3, 0.4) is 0 Å². The van der Waals surface area contributed by atoms with Gasteiger partial charge in [-0.2, -0.15) is 0 Å². The van der Waals surface area contributed by atoms with Gasteiger partial charge in [0.2, 0.25) is 0 Å². The van der Waals surface area contributed by atoms with Crippen LogP contribution in [0.5, 0.6) is 5.75 Å². The molecule has 0 aliphatic heterocycles. The van der Waals surface area contributed by atoms with Crippen LogP contribution in [0.1, 0.15) is 36.0 Å². The van der Waals surface area contributed by atoms with Crippen LogP contribution in [0.25, 0.3) is 0 Å². The Balaban J connectivity index is 1.71. The van der Waals surface area contributed by atoms with Gasteiger partial charge >= 0.3 is 0 Å². The van der Waals surface area contributed by atoms with Crippen LogP contribution >= 0.6 is 11.6 Å². The molecular weight excluding hydrogens is 384 g/mol. The molecule has 0 unspecified atom stereocenters. The lowest BCUT2D eigenvalue weighted by atomic mass is 10.2. The number of unbranched alkanes of at least 4 members (excludes halogenated alkanes) is 3. The number of rotatable bonds is 12. The van der Waals surface area contributed by atoms with Gasteiger partial charge in [0.1, 0.15) is 5.75 Å². The van der Waals surface area contributed by atoms with E-state index in [1.165, 1.54) is 19.3 Å². The van der Waals surface area contributed by atoms with Crippen molar-refractivity contribution in [3.63, 3.8) is 0 Å². The lowest BCUT2D eigenvalue weighted by Crippen LogP contribution is -2.26. The highest BCUT2D eigenvalue weighted by molar-refractivity contribution is 6.30. The van der Waals surface area contributed by atoms with Crippen LogP contribution in [-0.2, 0) is 0 Å². The first-order chi connectivity index (χ1) is 14.0. The van der Waals surface area contributed by atoms with Gasteiger partial charge in [0.15, 0.2) is 0 Å². The summed E-state index contributed by atoms with van der Waals surface area (Å²) in [6.45, 7) is 6.52. The first kappa shape index (κ1) is 23.0. The normalized spacial score (nSPS) is 10.8. The number of likely N-dealkylation sites (N-methyl/N-ethyl adjacent to an activating group) is 1. The second-order valence-electron chi connectivity index (χ2n) is 7.18. The minimum atomic E-state index is -0.0749. The number of carbonyl (C=O) groups excluding carboxylic acids is 1. The van der Waals surface area contributed by atoms with Crippen LogP contribution in [0.15, 0.2) is 61.2 Å². The number of hydrogen-bond donors (Lipinski definition) is 0. The van der Waals surface area contributed by atoms with E-state index in [4.69, 9.17) is 16.3 Å². The number of benzene rings is 2. The Hall–Kier alpha value is -2.30. The number of ether oxygens (including phenoxy) is 1. The van der Waals surface area contributed by atoms with E-state index >= 15 is 0 Å². The molecule has 0 N–H and O–H groups in total. The Bertz CT molecular complexity index is 759. The van der Waals surface area contributed by atoms with E-state index in [2.05, 4.69) is 18.5 Å². The van der Waals surface area contributed by atoms with E-state index < -0.39 is 0 Å². The molecule has 0 saturated carbocycles. The molecule has 0 atom stereocenters. The van der Waals surface area contributed by atoms with Gasteiger partial charge in [0.05, 0.1) is 6.61 Å². The molecule has 2 aromatic carbocycles. The maximum Gasteiger partial charge on any atom is 0.258 e. The van der Waals surface area contributed by atoms with E-state index in [1.807, 2.05) is 30.3 Å². The molecule has 1 amide bonds. The predicted molar refractivity (Wildman–Crippen MR) is 122 cm³/mol. The molecule has 0 aliphatic carbocycles. The topological polar surface area (TPSA) is 32.8 Å². The third kappa shape index (κ3) is 7.92. The Morgan fingerprint density at radius 1 is 1.00 bits per heavy atom. The fourth-order valence-corrected chi connectivity index (χ4v) is 3.13. The van der Waals surface area contributed by atoms with Gasteiger partial charge in [-0.05, 0) is 75.0 Å². The fraction of sp³-hybridized carbons (Fsp3) is 0.375. The average Bonchev–Trinajstić information content (AvgIpc) is 2.73. The summed E-state index contributed by atoms with van der Waals surface area (Å²) in [5.41, 5.74) is 1.42. The largest absolute Gasteiger partial charge is 0.494 e. The van der Waals surface area contributed by atoms with E-state index in [0.717, 1.165) is 30.9 Å². The van der Waals surface area contributed by atoms with Crippen molar-refractivity contribution in [2.24, 2.45) is 0 Å². The molecule has 5 heteroatoms. The molecule has 4 nitrogen and oxygen atoms in total. The Kier molecular flexibility index (Phi) is 9.75. The summed E-state index contributed by atoms with van der Waals surface area (Å²) in [7, 11) is 3.88. The Labute approximate surface area is 179 Å². The van der Waals surface area contributed by atoms with Crippen LogP contribution < -0.4 is 9.64 Å². The van der Waals surface area contributed by atoms with Crippen molar-refractivity contribution >= 4 is 23.2 Å². The summed E-state index contributed by atoms with van der Waals surface area (Å²) in [4.78, 5) is 16.5. The summed E-state index contributed by atoms with van der Waals surface area (Å²) >= 11 is 5.89. The number of anilines is 1. The SMILES string of the molecule is C=CCN(C)CCCCCCOc1ccc(N(C)C(=O)c2ccc(Cl)cc2)cc1. The molecule has 0 saturated heterocycles.